The topological polar surface area (TPSA) is 63.0 Å². The van der Waals surface area contributed by atoms with Gasteiger partial charge < -0.3 is 19.0 Å². The molecule has 0 spiro atoms. The fourth-order valence-corrected chi connectivity index (χ4v) is 2.97. The Morgan fingerprint density at radius 2 is 1.88 bits per heavy atom. The van der Waals surface area contributed by atoms with Gasteiger partial charge in [0, 0.05) is 20.0 Å². The number of benzene rings is 1. The van der Waals surface area contributed by atoms with Gasteiger partial charge in [-0.05, 0) is 30.7 Å². The molecule has 0 saturated heterocycles. The van der Waals surface area contributed by atoms with Crippen LogP contribution in [0.4, 0.5) is 11.4 Å². The van der Waals surface area contributed by atoms with E-state index in [2.05, 4.69) is 9.64 Å². The lowest BCUT2D eigenvalue weighted by molar-refractivity contribution is -0.116. The number of carbonyl (C=O) groups is 2. The molecule has 1 aromatic heterocycles. The van der Waals surface area contributed by atoms with Gasteiger partial charge >= 0.3 is 5.97 Å². The summed E-state index contributed by atoms with van der Waals surface area (Å²) < 4.78 is 10.2. The maximum Gasteiger partial charge on any atom is 0.373 e. The summed E-state index contributed by atoms with van der Waals surface area (Å²) in [4.78, 5) is 27.4. The Hall–Kier alpha value is -2.76. The zero-order valence-electron chi connectivity index (χ0n) is 13.8. The molecule has 1 amide bonds. The monoisotopic (exact) mass is 328 g/mol. The van der Waals surface area contributed by atoms with Gasteiger partial charge in [-0.15, -0.1) is 0 Å². The number of fused-ring (bicyclic) bond motifs is 1. The van der Waals surface area contributed by atoms with Crippen molar-refractivity contribution in [2.75, 3.05) is 30.0 Å². The van der Waals surface area contributed by atoms with Crippen LogP contribution in [0, 0.1) is 0 Å². The van der Waals surface area contributed by atoms with Gasteiger partial charge in [-0.2, -0.15) is 0 Å². The van der Waals surface area contributed by atoms with Crippen molar-refractivity contribution < 1.29 is 18.7 Å². The summed E-state index contributed by atoms with van der Waals surface area (Å²) in [5.41, 5.74) is 1.89. The Morgan fingerprint density at radius 3 is 2.58 bits per heavy atom. The smallest absolute Gasteiger partial charge is 0.373 e. The zero-order chi connectivity index (χ0) is 17.1. The third kappa shape index (κ3) is 3.13. The highest BCUT2D eigenvalue weighted by Gasteiger charge is 2.23. The van der Waals surface area contributed by atoms with Crippen molar-refractivity contribution in [3.8, 4) is 0 Å². The number of furan rings is 1. The van der Waals surface area contributed by atoms with Gasteiger partial charge in [-0.3, -0.25) is 4.79 Å². The quantitative estimate of drug-likeness (QED) is 0.811. The van der Waals surface area contributed by atoms with Crippen molar-refractivity contribution in [3.63, 3.8) is 0 Å². The molecule has 0 radical (unpaired) electrons. The van der Waals surface area contributed by atoms with E-state index in [1.165, 1.54) is 7.11 Å². The Kier molecular flexibility index (Phi) is 4.55. The number of methoxy groups -OCH3 is 1. The van der Waals surface area contributed by atoms with E-state index < -0.39 is 5.97 Å². The lowest BCUT2D eigenvalue weighted by atomic mass is 10.2. The molecule has 2 aromatic rings. The van der Waals surface area contributed by atoms with Crippen molar-refractivity contribution in [2.45, 2.75) is 19.9 Å². The van der Waals surface area contributed by atoms with Gasteiger partial charge in [-0.25, -0.2) is 4.79 Å². The van der Waals surface area contributed by atoms with Crippen LogP contribution in [0.3, 0.4) is 0 Å². The van der Waals surface area contributed by atoms with Crippen LogP contribution in [0.1, 0.15) is 29.7 Å². The van der Waals surface area contributed by atoms with Crippen LogP contribution in [-0.4, -0.2) is 32.1 Å². The lowest BCUT2D eigenvalue weighted by Crippen LogP contribution is -2.28. The van der Waals surface area contributed by atoms with E-state index in [1.54, 1.807) is 24.0 Å². The first kappa shape index (κ1) is 16.1. The minimum absolute atomic E-state index is 0.0373. The molecule has 0 N–H and O–H groups in total. The van der Waals surface area contributed by atoms with Gasteiger partial charge in [0.1, 0.15) is 5.76 Å². The van der Waals surface area contributed by atoms with Gasteiger partial charge in [-0.1, -0.05) is 12.1 Å². The van der Waals surface area contributed by atoms with Crippen LogP contribution < -0.4 is 9.80 Å². The summed E-state index contributed by atoms with van der Waals surface area (Å²) >= 11 is 0. The number of hydrogen-bond donors (Lipinski definition) is 0. The molecule has 0 saturated carbocycles. The molecule has 1 aromatic carbocycles. The normalized spacial score (nSPS) is 14.1. The maximum atomic E-state index is 11.9. The first-order chi connectivity index (χ1) is 11.6. The number of amides is 1. The van der Waals surface area contributed by atoms with E-state index in [0.717, 1.165) is 24.3 Å². The minimum atomic E-state index is -0.486. The van der Waals surface area contributed by atoms with Gasteiger partial charge in [0.25, 0.3) is 0 Å². The predicted octanol–water partition coefficient (Wildman–Crippen LogP) is 2.83. The Morgan fingerprint density at radius 1 is 1.12 bits per heavy atom. The average Bonchev–Trinajstić information content (AvgIpc) is 2.97. The number of rotatable bonds is 3. The van der Waals surface area contributed by atoms with Gasteiger partial charge in [0.15, 0.2) is 0 Å². The van der Waals surface area contributed by atoms with Crippen molar-refractivity contribution in [3.05, 3.63) is 47.9 Å². The van der Waals surface area contributed by atoms with E-state index in [9.17, 15) is 9.59 Å². The zero-order valence-corrected chi connectivity index (χ0v) is 13.8. The summed E-state index contributed by atoms with van der Waals surface area (Å²) in [7, 11) is 1.33. The second-order valence-electron chi connectivity index (χ2n) is 5.69. The van der Waals surface area contributed by atoms with Crippen LogP contribution in [0.2, 0.25) is 0 Å². The average molecular weight is 328 g/mol. The van der Waals surface area contributed by atoms with Crippen LogP contribution in [-0.2, 0) is 16.1 Å². The predicted molar refractivity (Wildman–Crippen MR) is 90.2 cm³/mol. The molecular formula is C18H20N2O4. The number of anilines is 2. The molecule has 1 aliphatic rings. The first-order valence-electron chi connectivity index (χ1n) is 7.89. The molecule has 6 nitrogen and oxygen atoms in total. The molecule has 0 aliphatic carbocycles. The summed E-state index contributed by atoms with van der Waals surface area (Å²) in [5.74, 6) is 0.429. The van der Waals surface area contributed by atoms with Gasteiger partial charge in [0.2, 0.25) is 11.7 Å². The second-order valence-corrected chi connectivity index (χ2v) is 5.69. The van der Waals surface area contributed by atoms with Crippen LogP contribution >= 0.6 is 0 Å². The number of nitrogens with zero attached hydrogens (tertiary/aromatic N) is 2. The second kappa shape index (κ2) is 6.78. The van der Waals surface area contributed by atoms with Crippen LogP contribution in [0.5, 0.6) is 0 Å². The Bertz CT molecular complexity index is 753. The van der Waals surface area contributed by atoms with Crippen LogP contribution in [0.25, 0.3) is 0 Å². The number of hydrogen-bond acceptors (Lipinski definition) is 5. The number of esters is 1. The molecule has 1 aliphatic heterocycles. The third-order valence-corrected chi connectivity index (χ3v) is 4.10. The molecule has 0 fully saturated rings. The van der Waals surface area contributed by atoms with E-state index in [1.807, 2.05) is 24.3 Å². The minimum Gasteiger partial charge on any atom is -0.463 e. The molecular weight excluding hydrogens is 308 g/mol. The van der Waals surface area contributed by atoms with Crippen LogP contribution in [0.15, 0.2) is 40.8 Å². The highest BCUT2D eigenvalue weighted by molar-refractivity contribution is 5.95. The number of ether oxygens (including phenoxy) is 1. The lowest BCUT2D eigenvalue weighted by Gasteiger charge is -2.25. The molecule has 0 bridgehead atoms. The Balaban J connectivity index is 1.87. The molecule has 24 heavy (non-hydrogen) atoms. The van der Waals surface area contributed by atoms with E-state index in [-0.39, 0.29) is 11.7 Å². The molecule has 0 atom stereocenters. The summed E-state index contributed by atoms with van der Waals surface area (Å²) in [6.07, 6.45) is 0.860. The van der Waals surface area contributed by atoms with Crippen molar-refractivity contribution in [2.24, 2.45) is 0 Å². The third-order valence-electron chi connectivity index (χ3n) is 4.10. The van der Waals surface area contributed by atoms with Crippen molar-refractivity contribution >= 4 is 23.3 Å². The number of carbonyl (C=O) groups excluding carboxylic acids is 2. The first-order valence-corrected chi connectivity index (χ1v) is 7.89. The fraction of sp³-hybridized carbons (Fsp3) is 0.333. The van der Waals surface area contributed by atoms with Gasteiger partial charge in [0.05, 0.1) is 25.0 Å². The molecule has 3 rings (SSSR count). The van der Waals surface area contributed by atoms with E-state index >= 15 is 0 Å². The molecule has 0 unspecified atom stereocenters. The maximum absolute atomic E-state index is 11.9. The highest BCUT2D eigenvalue weighted by atomic mass is 16.5. The van der Waals surface area contributed by atoms with Crippen molar-refractivity contribution in [1.82, 2.24) is 0 Å². The summed E-state index contributed by atoms with van der Waals surface area (Å²) in [5, 5.41) is 0. The Labute approximate surface area is 140 Å². The molecule has 126 valence electrons. The number of para-hydroxylation sites is 2. The highest BCUT2D eigenvalue weighted by Crippen LogP contribution is 2.33. The fourth-order valence-electron chi connectivity index (χ4n) is 2.97. The standard InChI is InChI=1S/C18H20N2O4/c1-13(21)20-11-5-10-19(15-6-3-4-7-16(15)20)12-14-8-9-17(24-14)18(22)23-2/h3-4,6-9H,5,10-12H2,1-2H3. The largest absolute Gasteiger partial charge is 0.463 e. The molecule has 2 heterocycles. The SMILES string of the molecule is COC(=O)c1ccc(CN2CCCN(C(C)=O)c3ccccc32)o1. The summed E-state index contributed by atoms with van der Waals surface area (Å²) in [6, 6.07) is 11.2. The van der Waals surface area contributed by atoms with E-state index in [4.69, 9.17) is 4.42 Å². The van der Waals surface area contributed by atoms with E-state index in [0.29, 0.717) is 18.8 Å². The molecule has 6 heteroatoms. The summed E-state index contributed by atoms with van der Waals surface area (Å²) in [6.45, 7) is 3.60. The van der Waals surface area contributed by atoms with Crippen molar-refractivity contribution in [1.29, 1.82) is 0 Å².